The highest BCUT2D eigenvalue weighted by Crippen LogP contribution is 2.23. The van der Waals surface area contributed by atoms with Gasteiger partial charge in [0.05, 0.1) is 4.90 Å². The third-order valence-electron chi connectivity index (χ3n) is 4.59. The van der Waals surface area contributed by atoms with Gasteiger partial charge in [-0.05, 0) is 31.0 Å². The number of hydrogen-bond donors (Lipinski definition) is 1. The summed E-state index contributed by atoms with van der Waals surface area (Å²) in [6.45, 7) is 1.91. The number of carbonyl (C=O) groups excluding carboxylic acids is 1. The number of ketones is 1. The van der Waals surface area contributed by atoms with E-state index in [1.807, 2.05) is 55.5 Å². The van der Waals surface area contributed by atoms with Gasteiger partial charge in [-0.2, -0.15) is 0 Å². The van der Waals surface area contributed by atoms with Crippen molar-refractivity contribution in [1.29, 1.82) is 0 Å². The quantitative estimate of drug-likeness (QED) is 0.565. The van der Waals surface area contributed by atoms with E-state index in [0.29, 0.717) is 12.0 Å². The highest BCUT2D eigenvalue weighted by Gasteiger charge is 2.22. The lowest BCUT2D eigenvalue weighted by Gasteiger charge is -2.19. The molecule has 1 atom stereocenters. The average molecular weight is 394 g/mol. The van der Waals surface area contributed by atoms with Crippen LogP contribution in [0.25, 0.3) is 0 Å². The van der Waals surface area contributed by atoms with E-state index in [2.05, 4.69) is 4.72 Å². The molecule has 0 radical (unpaired) electrons. The fraction of sp³-hybridized carbons (Fsp3) is 0.174. The molecule has 3 aromatic carbocycles. The van der Waals surface area contributed by atoms with Crippen molar-refractivity contribution < 1.29 is 13.2 Å². The summed E-state index contributed by atoms with van der Waals surface area (Å²) in [4.78, 5) is 12.7. The van der Waals surface area contributed by atoms with E-state index in [4.69, 9.17) is 0 Å². The molecule has 0 aliphatic rings. The molecule has 28 heavy (non-hydrogen) atoms. The molecule has 5 heteroatoms. The fourth-order valence-corrected chi connectivity index (χ4v) is 4.25. The number of nitrogens with one attached hydrogen (secondary N) is 1. The van der Waals surface area contributed by atoms with Gasteiger partial charge >= 0.3 is 0 Å². The van der Waals surface area contributed by atoms with Crippen LogP contribution in [0.15, 0.2) is 89.8 Å². The Labute approximate surface area is 166 Å². The first-order valence-electron chi connectivity index (χ1n) is 9.18. The second kappa shape index (κ2) is 8.95. The minimum atomic E-state index is -3.70. The summed E-state index contributed by atoms with van der Waals surface area (Å²) in [7, 11) is -3.70. The van der Waals surface area contributed by atoms with E-state index in [-0.39, 0.29) is 17.1 Å². The van der Waals surface area contributed by atoms with Gasteiger partial charge in [-0.15, -0.1) is 0 Å². The van der Waals surface area contributed by atoms with Gasteiger partial charge in [0.2, 0.25) is 10.0 Å². The molecule has 0 aromatic heterocycles. The summed E-state index contributed by atoms with van der Waals surface area (Å²) < 4.78 is 28.5. The molecule has 3 aromatic rings. The Morgan fingerprint density at radius 2 is 1.43 bits per heavy atom. The molecular weight excluding hydrogens is 370 g/mol. The molecule has 3 rings (SSSR count). The van der Waals surface area contributed by atoms with Crippen molar-refractivity contribution in [1.82, 2.24) is 4.72 Å². The summed E-state index contributed by atoms with van der Waals surface area (Å²) in [6, 6.07) is 24.6. The SMILES string of the molecule is Cc1ccc(S(=O)(=O)NC(CCC(=O)c2ccccc2)c2ccccc2)cc1. The highest BCUT2D eigenvalue weighted by atomic mass is 32.2. The molecule has 4 nitrogen and oxygen atoms in total. The van der Waals surface area contributed by atoms with Crippen molar-refractivity contribution in [2.45, 2.75) is 30.7 Å². The van der Waals surface area contributed by atoms with Gasteiger partial charge in [-0.3, -0.25) is 4.79 Å². The summed E-state index contributed by atoms with van der Waals surface area (Å²) in [6.07, 6.45) is 0.628. The number of carbonyl (C=O) groups is 1. The Morgan fingerprint density at radius 1 is 0.857 bits per heavy atom. The number of hydrogen-bond acceptors (Lipinski definition) is 3. The molecule has 0 fully saturated rings. The van der Waals surface area contributed by atoms with Crippen LogP contribution < -0.4 is 4.72 Å². The predicted molar refractivity (Wildman–Crippen MR) is 111 cm³/mol. The predicted octanol–water partition coefficient (Wildman–Crippen LogP) is 4.68. The van der Waals surface area contributed by atoms with Crippen LogP contribution >= 0.6 is 0 Å². The Kier molecular flexibility index (Phi) is 6.39. The number of Topliss-reactive ketones (excluding diaryl/α,β-unsaturated/α-hetero) is 1. The molecule has 0 bridgehead atoms. The Bertz CT molecular complexity index is 1010. The maximum Gasteiger partial charge on any atom is 0.241 e. The van der Waals surface area contributed by atoms with Crippen LogP contribution in [-0.4, -0.2) is 14.2 Å². The largest absolute Gasteiger partial charge is 0.294 e. The standard InChI is InChI=1S/C23H23NO3S/c1-18-12-14-21(15-13-18)28(26,27)24-22(19-8-4-2-5-9-19)16-17-23(25)20-10-6-3-7-11-20/h2-15,22,24H,16-17H2,1H3. The fourth-order valence-electron chi connectivity index (χ4n) is 3.00. The van der Waals surface area contributed by atoms with Gasteiger partial charge in [0.1, 0.15) is 0 Å². The molecule has 0 aliphatic heterocycles. The highest BCUT2D eigenvalue weighted by molar-refractivity contribution is 7.89. The maximum absolute atomic E-state index is 12.8. The van der Waals surface area contributed by atoms with Gasteiger partial charge in [-0.1, -0.05) is 78.4 Å². The van der Waals surface area contributed by atoms with Crippen LogP contribution in [0.2, 0.25) is 0 Å². The lowest BCUT2D eigenvalue weighted by atomic mass is 9.99. The first-order chi connectivity index (χ1) is 13.5. The third-order valence-corrected chi connectivity index (χ3v) is 6.07. The molecular formula is C23H23NO3S. The van der Waals surface area contributed by atoms with E-state index in [0.717, 1.165) is 11.1 Å². The molecule has 0 spiro atoms. The summed E-state index contributed by atoms with van der Waals surface area (Å²) in [5.41, 5.74) is 2.46. The first-order valence-corrected chi connectivity index (χ1v) is 10.7. The molecule has 1 unspecified atom stereocenters. The topological polar surface area (TPSA) is 63.2 Å². The Balaban J connectivity index is 1.79. The molecule has 1 N–H and O–H groups in total. The average Bonchev–Trinajstić information content (AvgIpc) is 2.72. The van der Waals surface area contributed by atoms with E-state index in [1.165, 1.54) is 0 Å². The van der Waals surface area contributed by atoms with E-state index in [1.54, 1.807) is 36.4 Å². The molecule has 0 amide bonds. The zero-order valence-corrected chi connectivity index (χ0v) is 16.5. The van der Waals surface area contributed by atoms with E-state index < -0.39 is 16.1 Å². The van der Waals surface area contributed by atoms with Crippen LogP contribution in [0.3, 0.4) is 0 Å². The number of rotatable bonds is 8. The van der Waals surface area contributed by atoms with Crippen LogP contribution in [0.5, 0.6) is 0 Å². The number of benzene rings is 3. The van der Waals surface area contributed by atoms with Crippen molar-refractivity contribution >= 4 is 15.8 Å². The van der Waals surface area contributed by atoms with Gasteiger partial charge < -0.3 is 0 Å². The van der Waals surface area contributed by atoms with Crippen LogP contribution in [0, 0.1) is 6.92 Å². The third kappa shape index (κ3) is 5.15. The second-order valence-electron chi connectivity index (χ2n) is 6.73. The number of sulfonamides is 1. The smallest absolute Gasteiger partial charge is 0.241 e. The lowest BCUT2D eigenvalue weighted by Crippen LogP contribution is -2.29. The van der Waals surface area contributed by atoms with Crippen molar-refractivity contribution in [2.75, 3.05) is 0 Å². The second-order valence-corrected chi connectivity index (χ2v) is 8.44. The summed E-state index contributed by atoms with van der Waals surface area (Å²) in [5, 5.41) is 0. The maximum atomic E-state index is 12.8. The van der Waals surface area contributed by atoms with Crippen LogP contribution in [0.4, 0.5) is 0 Å². The van der Waals surface area contributed by atoms with Crippen LogP contribution in [-0.2, 0) is 10.0 Å². The summed E-state index contributed by atoms with van der Waals surface area (Å²) >= 11 is 0. The monoisotopic (exact) mass is 393 g/mol. The summed E-state index contributed by atoms with van der Waals surface area (Å²) in [5.74, 6) is -0.00364. The van der Waals surface area contributed by atoms with Gasteiger partial charge in [0.15, 0.2) is 5.78 Å². The zero-order chi connectivity index (χ0) is 20.0. The molecule has 0 heterocycles. The number of aryl methyl sites for hydroxylation is 1. The minimum absolute atomic E-state index is 0.00364. The van der Waals surface area contributed by atoms with Crippen molar-refractivity contribution in [2.24, 2.45) is 0 Å². The minimum Gasteiger partial charge on any atom is -0.294 e. The Hall–Kier alpha value is -2.76. The lowest BCUT2D eigenvalue weighted by molar-refractivity contribution is 0.0976. The van der Waals surface area contributed by atoms with Crippen molar-refractivity contribution in [3.05, 3.63) is 102 Å². The first kappa shape index (κ1) is 20.0. The van der Waals surface area contributed by atoms with Crippen molar-refractivity contribution in [3.8, 4) is 0 Å². The molecule has 144 valence electrons. The molecule has 0 saturated carbocycles. The van der Waals surface area contributed by atoms with E-state index in [9.17, 15) is 13.2 Å². The van der Waals surface area contributed by atoms with Gasteiger partial charge in [0.25, 0.3) is 0 Å². The van der Waals surface area contributed by atoms with Gasteiger partial charge in [0, 0.05) is 18.0 Å². The molecule has 0 aliphatic carbocycles. The van der Waals surface area contributed by atoms with Gasteiger partial charge in [-0.25, -0.2) is 13.1 Å². The zero-order valence-electron chi connectivity index (χ0n) is 15.7. The Morgan fingerprint density at radius 3 is 2.04 bits per heavy atom. The normalized spacial score (nSPS) is 12.5. The van der Waals surface area contributed by atoms with Crippen molar-refractivity contribution in [3.63, 3.8) is 0 Å². The van der Waals surface area contributed by atoms with E-state index >= 15 is 0 Å². The van der Waals surface area contributed by atoms with Crippen LogP contribution in [0.1, 0.15) is 40.4 Å². The molecule has 0 saturated heterocycles.